The third kappa shape index (κ3) is 1.23. The Morgan fingerprint density at radius 1 is 1.54 bits per heavy atom. The van der Waals surface area contributed by atoms with Crippen LogP contribution in [0, 0.1) is 11.3 Å². The van der Waals surface area contributed by atoms with Crippen LogP contribution in [0.25, 0.3) is 0 Å². The molecule has 1 aliphatic heterocycles. The normalized spacial score (nSPS) is 45.2. The van der Waals surface area contributed by atoms with Crippen molar-refractivity contribution >= 4 is 5.78 Å². The summed E-state index contributed by atoms with van der Waals surface area (Å²) in [7, 11) is 2.09. The minimum atomic E-state index is 0.211. The molecule has 2 heteroatoms. The van der Waals surface area contributed by atoms with Gasteiger partial charge in [0.25, 0.3) is 0 Å². The van der Waals surface area contributed by atoms with E-state index in [1.807, 2.05) is 0 Å². The van der Waals surface area contributed by atoms with Crippen LogP contribution in [0.3, 0.4) is 0 Å². The van der Waals surface area contributed by atoms with Crippen molar-refractivity contribution in [1.82, 2.24) is 4.90 Å². The lowest BCUT2D eigenvalue weighted by atomic mass is 9.60. The fourth-order valence-corrected chi connectivity index (χ4v) is 3.05. The van der Waals surface area contributed by atoms with Crippen molar-refractivity contribution in [2.24, 2.45) is 11.3 Å². The van der Waals surface area contributed by atoms with E-state index in [4.69, 9.17) is 0 Å². The van der Waals surface area contributed by atoms with Crippen LogP contribution in [0.15, 0.2) is 0 Å². The van der Waals surface area contributed by atoms with E-state index in [9.17, 15) is 4.79 Å². The first-order valence-corrected chi connectivity index (χ1v) is 5.26. The highest BCUT2D eigenvalue weighted by Gasteiger charge is 2.51. The number of hydrogen-bond acceptors (Lipinski definition) is 2. The Morgan fingerprint density at radius 2 is 2.23 bits per heavy atom. The molecule has 0 aromatic carbocycles. The highest BCUT2D eigenvalue weighted by molar-refractivity contribution is 5.81. The first kappa shape index (κ1) is 9.20. The smallest absolute Gasteiger partial charge is 0.146 e. The average Bonchev–Trinajstić information content (AvgIpc) is 2.43. The molecule has 2 nitrogen and oxygen atoms in total. The summed E-state index contributed by atoms with van der Waals surface area (Å²) < 4.78 is 0. The molecular formula is C11H19NO. The molecule has 1 aliphatic carbocycles. The van der Waals surface area contributed by atoms with E-state index in [0.29, 0.717) is 11.2 Å². The van der Waals surface area contributed by atoms with Crippen molar-refractivity contribution in [2.75, 3.05) is 13.6 Å². The van der Waals surface area contributed by atoms with Gasteiger partial charge in [0.05, 0.1) is 6.04 Å². The van der Waals surface area contributed by atoms with Gasteiger partial charge in [-0.3, -0.25) is 9.69 Å². The number of hydrogen-bond donors (Lipinski definition) is 0. The average molecular weight is 181 g/mol. The maximum atomic E-state index is 11.3. The molecule has 1 spiro atoms. The summed E-state index contributed by atoms with van der Waals surface area (Å²) in [5.41, 5.74) is 0.505. The fourth-order valence-electron chi connectivity index (χ4n) is 3.05. The zero-order valence-corrected chi connectivity index (χ0v) is 8.84. The number of rotatable bonds is 1. The molecule has 3 atom stereocenters. The van der Waals surface area contributed by atoms with Gasteiger partial charge in [0.1, 0.15) is 5.78 Å². The lowest BCUT2D eigenvalue weighted by molar-refractivity contribution is -0.120. The molecule has 2 rings (SSSR count). The van der Waals surface area contributed by atoms with Crippen LogP contribution < -0.4 is 0 Å². The highest BCUT2D eigenvalue weighted by Crippen LogP contribution is 2.54. The number of nitrogens with zero attached hydrogens (tertiary/aromatic N) is 1. The van der Waals surface area contributed by atoms with Crippen molar-refractivity contribution < 1.29 is 4.79 Å². The molecular weight excluding hydrogens is 162 g/mol. The summed E-state index contributed by atoms with van der Waals surface area (Å²) in [4.78, 5) is 13.6. The number of carbonyl (C=O) groups is 1. The molecule has 0 amide bonds. The van der Waals surface area contributed by atoms with Crippen LogP contribution in [-0.2, 0) is 4.79 Å². The van der Waals surface area contributed by atoms with Gasteiger partial charge in [-0.05, 0) is 44.6 Å². The molecule has 1 saturated heterocycles. The molecule has 2 fully saturated rings. The van der Waals surface area contributed by atoms with Crippen LogP contribution >= 0.6 is 0 Å². The SMILES string of the molecule is CC(=O)[C@@H]1CC2(CCC2C)CN1C. The highest BCUT2D eigenvalue weighted by atomic mass is 16.1. The summed E-state index contributed by atoms with van der Waals surface area (Å²) in [6, 6.07) is 0.211. The van der Waals surface area contributed by atoms with Gasteiger partial charge < -0.3 is 0 Å². The summed E-state index contributed by atoms with van der Waals surface area (Å²) in [6.45, 7) is 5.20. The van der Waals surface area contributed by atoms with Crippen LogP contribution in [0.4, 0.5) is 0 Å². The van der Waals surface area contributed by atoms with E-state index in [2.05, 4.69) is 18.9 Å². The molecule has 2 aliphatic rings. The molecule has 0 bridgehead atoms. The van der Waals surface area contributed by atoms with Crippen molar-refractivity contribution in [3.63, 3.8) is 0 Å². The maximum Gasteiger partial charge on any atom is 0.146 e. The van der Waals surface area contributed by atoms with E-state index in [0.717, 1.165) is 18.9 Å². The Balaban J connectivity index is 2.10. The predicted octanol–water partition coefficient (Wildman–Crippen LogP) is 1.70. The molecule has 0 N–H and O–H groups in total. The maximum absolute atomic E-state index is 11.3. The van der Waals surface area contributed by atoms with Gasteiger partial charge in [-0.25, -0.2) is 0 Å². The third-order valence-corrected chi connectivity index (χ3v) is 4.29. The molecule has 1 saturated carbocycles. The van der Waals surface area contributed by atoms with Gasteiger partial charge >= 0.3 is 0 Å². The number of likely N-dealkylation sites (N-methyl/N-ethyl adjacent to an activating group) is 1. The minimum Gasteiger partial charge on any atom is -0.298 e. The second-order valence-electron chi connectivity index (χ2n) is 5.05. The Labute approximate surface area is 80.3 Å². The van der Waals surface area contributed by atoms with Crippen molar-refractivity contribution in [1.29, 1.82) is 0 Å². The monoisotopic (exact) mass is 181 g/mol. The van der Waals surface area contributed by atoms with Gasteiger partial charge in [0.15, 0.2) is 0 Å². The fraction of sp³-hybridized carbons (Fsp3) is 0.909. The zero-order valence-electron chi connectivity index (χ0n) is 8.84. The Hall–Kier alpha value is -0.370. The molecule has 74 valence electrons. The Morgan fingerprint density at radius 3 is 2.46 bits per heavy atom. The Bertz CT molecular complexity index is 238. The standard InChI is InChI=1S/C11H19NO/c1-8-4-5-11(8)6-10(9(2)13)12(3)7-11/h8,10H,4-7H2,1-3H3/t8?,10-,11?/m0/s1. The first-order chi connectivity index (χ1) is 6.05. The number of carbonyl (C=O) groups excluding carboxylic acids is 1. The van der Waals surface area contributed by atoms with Crippen molar-refractivity contribution in [3.05, 3.63) is 0 Å². The van der Waals surface area contributed by atoms with Gasteiger partial charge in [0.2, 0.25) is 0 Å². The largest absolute Gasteiger partial charge is 0.298 e. The predicted molar refractivity (Wildman–Crippen MR) is 52.5 cm³/mol. The van der Waals surface area contributed by atoms with Gasteiger partial charge in [0, 0.05) is 6.54 Å². The van der Waals surface area contributed by atoms with Crippen molar-refractivity contribution in [3.8, 4) is 0 Å². The second kappa shape index (κ2) is 2.81. The van der Waals surface area contributed by atoms with Crippen LogP contribution in [-0.4, -0.2) is 30.3 Å². The second-order valence-corrected chi connectivity index (χ2v) is 5.05. The van der Waals surface area contributed by atoms with Gasteiger partial charge in [-0.15, -0.1) is 0 Å². The van der Waals surface area contributed by atoms with Crippen molar-refractivity contribution in [2.45, 2.75) is 39.2 Å². The molecule has 13 heavy (non-hydrogen) atoms. The molecule has 2 unspecified atom stereocenters. The third-order valence-electron chi connectivity index (χ3n) is 4.29. The molecule has 0 aromatic heterocycles. The van der Waals surface area contributed by atoms with E-state index in [1.165, 1.54) is 12.8 Å². The summed E-state index contributed by atoms with van der Waals surface area (Å²) in [5.74, 6) is 1.18. The van der Waals surface area contributed by atoms with E-state index < -0.39 is 0 Å². The van der Waals surface area contributed by atoms with Gasteiger partial charge in [-0.2, -0.15) is 0 Å². The summed E-state index contributed by atoms with van der Waals surface area (Å²) in [5, 5.41) is 0. The van der Waals surface area contributed by atoms with E-state index >= 15 is 0 Å². The quantitative estimate of drug-likeness (QED) is 0.613. The number of ketones is 1. The lowest BCUT2D eigenvalue weighted by Crippen LogP contribution is -2.40. The summed E-state index contributed by atoms with van der Waals surface area (Å²) in [6.07, 6.45) is 3.81. The number of Topliss-reactive ketones (excluding diaryl/α,β-unsaturated/α-hetero) is 1. The van der Waals surface area contributed by atoms with Crippen LogP contribution in [0.1, 0.15) is 33.1 Å². The van der Waals surface area contributed by atoms with E-state index in [1.54, 1.807) is 6.92 Å². The minimum absolute atomic E-state index is 0.211. The zero-order chi connectivity index (χ0) is 9.64. The van der Waals surface area contributed by atoms with E-state index in [-0.39, 0.29) is 6.04 Å². The topological polar surface area (TPSA) is 20.3 Å². The molecule has 0 aromatic rings. The van der Waals surface area contributed by atoms with Crippen LogP contribution in [0.2, 0.25) is 0 Å². The number of likely N-dealkylation sites (tertiary alicyclic amines) is 1. The Kier molecular flexibility index (Phi) is 1.99. The van der Waals surface area contributed by atoms with Crippen LogP contribution in [0.5, 0.6) is 0 Å². The summed E-state index contributed by atoms with van der Waals surface area (Å²) >= 11 is 0. The molecule has 0 radical (unpaired) electrons. The molecule has 1 heterocycles. The lowest BCUT2D eigenvalue weighted by Gasteiger charge is -2.45. The first-order valence-electron chi connectivity index (χ1n) is 5.26. The van der Waals surface area contributed by atoms with Gasteiger partial charge in [-0.1, -0.05) is 6.92 Å².